The molecule has 0 aromatic rings. The molecule has 0 saturated heterocycles. The third-order valence-corrected chi connectivity index (χ3v) is 2.05. The highest BCUT2D eigenvalue weighted by Gasteiger charge is 2.24. The lowest BCUT2D eigenvalue weighted by molar-refractivity contribution is -0.140. The highest BCUT2D eigenvalue weighted by molar-refractivity contribution is 5.84. The van der Waals surface area contributed by atoms with E-state index in [0.717, 1.165) is 0 Å². The van der Waals surface area contributed by atoms with Crippen LogP contribution < -0.4 is 11.1 Å². The van der Waals surface area contributed by atoms with Gasteiger partial charge in [0, 0.05) is 6.54 Å². The van der Waals surface area contributed by atoms with E-state index in [1.807, 2.05) is 0 Å². The minimum Gasteiger partial charge on any atom is -0.480 e. The molecule has 4 N–H and O–H groups in total. The maximum atomic E-state index is 11.6. The van der Waals surface area contributed by atoms with Crippen molar-refractivity contribution in [2.45, 2.75) is 13.0 Å². The van der Waals surface area contributed by atoms with Gasteiger partial charge in [-0.05, 0) is 6.92 Å². The molecule has 17 heavy (non-hydrogen) atoms. The standard InChI is InChI=1S/C10H17N3O4/c1-3-4-12-10(17)7(2)13(5-8(11)14)6-9(15)16/h3,7H,1,4-6H2,2H3,(H2,11,14)(H,12,17)(H,15,16). The van der Waals surface area contributed by atoms with E-state index in [1.165, 1.54) is 17.9 Å². The SMILES string of the molecule is C=CCNC(=O)C(C)N(CC(N)=O)CC(=O)O. The van der Waals surface area contributed by atoms with Crippen LogP contribution in [0.1, 0.15) is 6.92 Å². The van der Waals surface area contributed by atoms with Crippen LogP contribution in [0.3, 0.4) is 0 Å². The Labute approximate surface area is 99.3 Å². The second-order valence-corrected chi connectivity index (χ2v) is 3.47. The Hall–Kier alpha value is -1.89. The molecule has 0 aliphatic rings. The van der Waals surface area contributed by atoms with Crippen molar-refractivity contribution in [3.05, 3.63) is 12.7 Å². The number of primary amides is 1. The van der Waals surface area contributed by atoms with Gasteiger partial charge in [0.15, 0.2) is 0 Å². The molecule has 0 aliphatic carbocycles. The van der Waals surface area contributed by atoms with E-state index in [4.69, 9.17) is 10.8 Å². The van der Waals surface area contributed by atoms with E-state index >= 15 is 0 Å². The summed E-state index contributed by atoms with van der Waals surface area (Å²) in [5, 5.41) is 11.2. The predicted molar refractivity (Wildman–Crippen MR) is 61.1 cm³/mol. The van der Waals surface area contributed by atoms with Gasteiger partial charge in [0.05, 0.1) is 19.1 Å². The van der Waals surface area contributed by atoms with Gasteiger partial charge in [0.25, 0.3) is 0 Å². The largest absolute Gasteiger partial charge is 0.480 e. The van der Waals surface area contributed by atoms with Crippen molar-refractivity contribution < 1.29 is 19.5 Å². The first-order valence-corrected chi connectivity index (χ1v) is 5.01. The number of carboxylic acid groups (broad SMARTS) is 1. The van der Waals surface area contributed by atoms with Gasteiger partial charge in [0.1, 0.15) is 0 Å². The van der Waals surface area contributed by atoms with E-state index in [9.17, 15) is 14.4 Å². The number of rotatable bonds is 8. The molecule has 96 valence electrons. The zero-order chi connectivity index (χ0) is 13.4. The molecule has 0 bridgehead atoms. The molecule has 7 nitrogen and oxygen atoms in total. The zero-order valence-electron chi connectivity index (χ0n) is 9.68. The summed E-state index contributed by atoms with van der Waals surface area (Å²) in [4.78, 5) is 34.1. The van der Waals surface area contributed by atoms with E-state index in [1.54, 1.807) is 0 Å². The van der Waals surface area contributed by atoms with Crippen LogP contribution in [0.25, 0.3) is 0 Å². The van der Waals surface area contributed by atoms with Gasteiger partial charge in [-0.1, -0.05) is 6.08 Å². The minimum atomic E-state index is -1.13. The van der Waals surface area contributed by atoms with Crippen molar-refractivity contribution in [1.82, 2.24) is 10.2 Å². The third-order valence-electron chi connectivity index (χ3n) is 2.05. The number of carboxylic acids is 1. The van der Waals surface area contributed by atoms with Crippen molar-refractivity contribution in [3.8, 4) is 0 Å². The molecule has 0 rings (SSSR count). The lowest BCUT2D eigenvalue weighted by Gasteiger charge is -2.24. The van der Waals surface area contributed by atoms with Gasteiger partial charge in [-0.25, -0.2) is 0 Å². The van der Waals surface area contributed by atoms with Crippen LogP contribution in [0.2, 0.25) is 0 Å². The molecule has 0 saturated carbocycles. The number of nitrogens with one attached hydrogen (secondary N) is 1. The molecular weight excluding hydrogens is 226 g/mol. The smallest absolute Gasteiger partial charge is 0.317 e. The summed E-state index contributed by atoms with van der Waals surface area (Å²) in [6.07, 6.45) is 1.50. The molecule has 0 aliphatic heterocycles. The Bertz CT molecular complexity index is 301. The van der Waals surface area contributed by atoms with E-state index in [2.05, 4.69) is 11.9 Å². The molecule has 0 radical (unpaired) electrons. The maximum absolute atomic E-state index is 11.6. The first-order chi connectivity index (χ1) is 7.88. The van der Waals surface area contributed by atoms with Crippen molar-refractivity contribution in [1.29, 1.82) is 0 Å². The lowest BCUT2D eigenvalue weighted by Crippen LogP contribution is -2.49. The number of amides is 2. The highest BCUT2D eigenvalue weighted by Crippen LogP contribution is 1.98. The highest BCUT2D eigenvalue weighted by atomic mass is 16.4. The second kappa shape index (κ2) is 7.39. The number of hydrogen-bond donors (Lipinski definition) is 3. The average Bonchev–Trinajstić information content (AvgIpc) is 2.22. The average molecular weight is 243 g/mol. The number of nitrogens with zero attached hydrogens (tertiary/aromatic N) is 1. The Balaban J connectivity index is 4.54. The van der Waals surface area contributed by atoms with Gasteiger partial charge in [-0.15, -0.1) is 6.58 Å². The molecule has 1 unspecified atom stereocenters. The normalized spacial score (nSPS) is 11.9. The van der Waals surface area contributed by atoms with Crippen molar-refractivity contribution in [2.24, 2.45) is 5.73 Å². The van der Waals surface area contributed by atoms with E-state index in [-0.39, 0.29) is 19.0 Å². The summed E-state index contributed by atoms with van der Waals surface area (Å²) in [6, 6.07) is -0.751. The molecule has 0 aromatic heterocycles. The topological polar surface area (TPSA) is 113 Å². The molecule has 0 fully saturated rings. The Morgan fingerprint density at radius 3 is 2.47 bits per heavy atom. The fourth-order valence-electron chi connectivity index (χ4n) is 1.19. The van der Waals surface area contributed by atoms with Gasteiger partial charge in [0.2, 0.25) is 11.8 Å². The summed E-state index contributed by atoms with van der Waals surface area (Å²) in [7, 11) is 0. The fraction of sp³-hybridized carbons (Fsp3) is 0.500. The molecular formula is C10H17N3O4. The number of aliphatic carboxylic acids is 1. The van der Waals surface area contributed by atoms with Crippen molar-refractivity contribution in [3.63, 3.8) is 0 Å². The Kier molecular flexibility index (Phi) is 6.57. The molecule has 1 atom stereocenters. The molecule has 0 spiro atoms. The first kappa shape index (κ1) is 15.1. The van der Waals surface area contributed by atoms with Gasteiger partial charge < -0.3 is 16.2 Å². The molecule has 0 heterocycles. The monoisotopic (exact) mass is 243 g/mol. The number of nitrogens with two attached hydrogens (primary N) is 1. The Morgan fingerprint density at radius 2 is 2.06 bits per heavy atom. The maximum Gasteiger partial charge on any atom is 0.317 e. The van der Waals surface area contributed by atoms with Gasteiger partial charge in [-0.3, -0.25) is 19.3 Å². The number of hydrogen-bond acceptors (Lipinski definition) is 4. The summed E-state index contributed by atoms with van der Waals surface area (Å²) in [5.74, 6) is -2.20. The van der Waals surface area contributed by atoms with Crippen LogP contribution in [0.4, 0.5) is 0 Å². The minimum absolute atomic E-state index is 0.278. The van der Waals surface area contributed by atoms with Crippen LogP contribution in [-0.2, 0) is 14.4 Å². The molecule has 7 heteroatoms. The Morgan fingerprint density at radius 1 is 1.47 bits per heavy atom. The van der Waals surface area contributed by atoms with Crippen molar-refractivity contribution >= 4 is 17.8 Å². The zero-order valence-corrected chi connectivity index (χ0v) is 9.68. The van der Waals surface area contributed by atoms with Gasteiger partial charge in [-0.2, -0.15) is 0 Å². The molecule has 2 amide bonds. The van der Waals surface area contributed by atoms with Crippen LogP contribution in [-0.4, -0.2) is 53.5 Å². The summed E-state index contributed by atoms with van der Waals surface area (Å²) in [5.41, 5.74) is 4.99. The van der Waals surface area contributed by atoms with Gasteiger partial charge >= 0.3 is 5.97 Å². The third kappa shape index (κ3) is 6.31. The summed E-state index contributed by atoms with van der Waals surface area (Å²) >= 11 is 0. The van der Waals surface area contributed by atoms with Crippen LogP contribution in [0.15, 0.2) is 12.7 Å². The van der Waals surface area contributed by atoms with Crippen molar-refractivity contribution in [2.75, 3.05) is 19.6 Å². The quantitative estimate of drug-likeness (QED) is 0.451. The first-order valence-electron chi connectivity index (χ1n) is 5.01. The van der Waals surface area contributed by atoms with Crippen LogP contribution >= 0.6 is 0 Å². The lowest BCUT2D eigenvalue weighted by atomic mass is 10.2. The number of carbonyl (C=O) groups excluding carboxylic acids is 2. The second-order valence-electron chi connectivity index (χ2n) is 3.47. The summed E-state index contributed by atoms with van der Waals surface area (Å²) in [6.45, 7) is 4.51. The van der Waals surface area contributed by atoms with Crippen LogP contribution in [0, 0.1) is 0 Å². The number of carbonyl (C=O) groups is 3. The van der Waals surface area contributed by atoms with E-state index < -0.39 is 24.5 Å². The molecule has 0 aromatic carbocycles. The summed E-state index contributed by atoms with van der Waals surface area (Å²) < 4.78 is 0. The predicted octanol–water partition coefficient (Wildman–Crippen LogP) is -1.45. The van der Waals surface area contributed by atoms with Crippen LogP contribution in [0.5, 0.6) is 0 Å². The fourth-order valence-corrected chi connectivity index (χ4v) is 1.19. The van der Waals surface area contributed by atoms with E-state index in [0.29, 0.717) is 0 Å².